The minimum Gasteiger partial charge on any atom is -0.456 e. The summed E-state index contributed by atoms with van der Waals surface area (Å²) in [6.07, 6.45) is -1.39. The van der Waals surface area contributed by atoms with Crippen LogP contribution in [-0.2, 0) is 12.7 Å². The fraction of sp³-hybridized carbons (Fsp3) is 0.267. The van der Waals surface area contributed by atoms with Crippen molar-refractivity contribution in [1.82, 2.24) is 10.3 Å². The van der Waals surface area contributed by atoms with Gasteiger partial charge in [0.1, 0.15) is 11.5 Å². The number of halogens is 3. The monoisotopic (exact) mass is 296 g/mol. The molecular weight excluding hydrogens is 281 g/mol. The predicted molar refractivity (Wildman–Crippen MR) is 73.1 cm³/mol. The van der Waals surface area contributed by atoms with Crippen LogP contribution in [0.2, 0.25) is 0 Å². The van der Waals surface area contributed by atoms with E-state index < -0.39 is 11.7 Å². The molecule has 1 N–H and O–H groups in total. The highest BCUT2D eigenvalue weighted by atomic mass is 19.4. The van der Waals surface area contributed by atoms with Gasteiger partial charge in [-0.3, -0.25) is 4.98 Å². The third-order valence-electron chi connectivity index (χ3n) is 2.84. The van der Waals surface area contributed by atoms with Crippen molar-refractivity contribution >= 4 is 0 Å². The topological polar surface area (TPSA) is 34.2 Å². The zero-order valence-corrected chi connectivity index (χ0v) is 11.4. The zero-order valence-electron chi connectivity index (χ0n) is 11.4. The molecule has 0 unspecified atom stereocenters. The Morgan fingerprint density at radius 3 is 2.62 bits per heavy atom. The number of aromatic nitrogens is 1. The third-order valence-corrected chi connectivity index (χ3v) is 2.84. The number of nitrogens with zero attached hydrogens (tertiary/aromatic N) is 1. The average Bonchev–Trinajstić information content (AvgIpc) is 2.46. The van der Waals surface area contributed by atoms with Crippen LogP contribution in [0.3, 0.4) is 0 Å². The molecule has 0 radical (unpaired) electrons. The van der Waals surface area contributed by atoms with Crippen molar-refractivity contribution in [2.45, 2.75) is 19.6 Å². The van der Waals surface area contributed by atoms with E-state index in [1.807, 2.05) is 6.92 Å². The first-order valence-corrected chi connectivity index (χ1v) is 6.50. The number of ether oxygens (including phenoxy) is 1. The largest absolute Gasteiger partial charge is 0.456 e. The van der Waals surface area contributed by atoms with Crippen LogP contribution in [0.4, 0.5) is 13.2 Å². The molecule has 3 nitrogen and oxygen atoms in total. The lowest BCUT2D eigenvalue weighted by atomic mass is 10.2. The van der Waals surface area contributed by atoms with Gasteiger partial charge in [0.2, 0.25) is 0 Å². The van der Waals surface area contributed by atoms with Crippen LogP contribution in [0.1, 0.15) is 18.1 Å². The molecule has 0 spiro atoms. The molecule has 2 aromatic rings. The molecule has 0 atom stereocenters. The van der Waals surface area contributed by atoms with Crippen molar-refractivity contribution in [2.24, 2.45) is 0 Å². The molecule has 0 saturated carbocycles. The van der Waals surface area contributed by atoms with E-state index in [0.717, 1.165) is 12.6 Å². The van der Waals surface area contributed by atoms with E-state index in [1.54, 1.807) is 12.3 Å². The molecule has 21 heavy (non-hydrogen) atoms. The number of para-hydroxylation sites is 1. The Labute approximate surface area is 120 Å². The highest BCUT2D eigenvalue weighted by molar-refractivity contribution is 5.41. The van der Waals surface area contributed by atoms with Gasteiger partial charge >= 0.3 is 6.18 Å². The van der Waals surface area contributed by atoms with Gasteiger partial charge in [-0.2, -0.15) is 13.2 Å². The molecule has 0 amide bonds. The Morgan fingerprint density at radius 1 is 1.14 bits per heavy atom. The van der Waals surface area contributed by atoms with E-state index in [0.29, 0.717) is 17.9 Å². The number of alkyl halides is 3. The zero-order chi connectivity index (χ0) is 15.3. The first-order valence-electron chi connectivity index (χ1n) is 6.50. The molecule has 0 aliphatic heterocycles. The highest BCUT2D eigenvalue weighted by Crippen LogP contribution is 2.38. The Balaban J connectivity index is 2.31. The number of nitrogens with one attached hydrogen (secondary N) is 1. The van der Waals surface area contributed by atoms with Crippen LogP contribution < -0.4 is 10.1 Å². The van der Waals surface area contributed by atoms with Crippen LogP contribution in [0.25, 0.3) is 0 Å². The summed E-state index contributed by atoms with van der Waals surface area (Å²) < 4.78 is 44.3. The summed E-state index contributed by atoms with van der Waals surface area (Å²) in [5.74, 6) is 0.150. The maximum atomic E-state index is 12.9. The normalized spacial score (nSPS) is 11.4. The van der Waals surface area contributed by atoms with Crippen LogP contribution in [0.15, 0.2) is 42.7 Å². The Hall–Kier alpha value is -2.08. The smallest absolute Gasteiger partial charge is 0.419 e. The Morgan fingerprint density at radius 2 is 1.90 bits per heavy atom. The van der Waals surface area contributed by atoms with E-state index in [-0.39, 0.29) is 5.75 Å². The molecule has 6 heteroatoms. The molecule has 1 heterocycles. The SMILES string of the molecule is CCNCc1cnccc1Oc1ccccc1C(F)(F)F. The van der Waals surface area contributed by atoms with Crippen LogP contribution in [0.5, 0.6) is 11.5 Å². The second-order valence-electron chi connectivity index (χ2n) is 4.36. The van der Waals surface area contributed by atoms with Crippen LogP contribution >= 0.6 is 0 Å². The molecule has 0 fully saturated rings. The van der Waals surface area contributed by atoms with Crippen LogP contribution in [0, 0.1) is 0 Å². The van der Waals surface area contributed by atoms with Gasteiger partial charge in [0.05, 0.1) is 5.56 Å². The minimum atomic E-state index is -4.45. The summed E-state index contributed by atoms with van der Waals surface area (Å²) >= 11 is 0. The Kier molecular flexibility index (Phi) is 4.80. The van der Waals surface area contributed by atoms with Crippen molar-refractivity contribution in [3.05, 3.63) is 53.9 Å². The van der Waals surface area contributed by atoms with E-state index in [1.165, 1.54) is 24.4 Å². The molecule has 112 valence electrons. The van der Waals surface area contributed by atoms with E-state index in [4.69, 9.17) is 4.74 Å². The minimum absolute atomic E-state index is 0.214. The number of hydrogen-bond donors (Lipinski definition) is 1. The maximum Gasteiger partial charge on any atom is 0.419 e. The lowest BCUT2D eigenvalue weighted by Gasteiger charge is -2.15. The summed E-state index contributed by atoms with van der Waals surface area (Å²) in [6.45, 7) is 3.16. The lowest BCUT2D eigenvalue weighted by Crippen LogP contribution is -2.13. The molecule has 0 bridgehead atoms. The van der Waals surface area contributed by atoms with Gasteiger partial charge in [-0.15, -0.1) is 0 Å². The fourth-order valence-corrected chi connectivity index (χ4v) is 1.81. The molecule has 0 saturated heterocycles. The predicted octanol–water partition coefficient (Wildman–Crippen LogP) is 4.00. The molecule has 2 rings (SSSR count). The van der Waals surface area contributed by atoms with Gasteiger partial charge in [-0.05, 0) is 24.7 Å². The van der Waals surface area contributed by atoms with Crippen molar-refractivity contribution in [2.75, 3.05) is 6.54 Å². The van der Waals surface area contributed by atoms with Crippen molar-refractivity contribution < 1.29 is 17.9 Å². The second-order valence-corrected chi connectivity index (χ2v) is 4.36. The van der Waals surface area contributed by atoms with Crippen molar-refractivity contribution in [3.63, 3.8) is 0 Å². The third kappa shape index (κ3) is 3.95. The van der Waals surface area contributed by atoms with Gasteiger partial charge < -0.3 is 10.1 Å². The van der Waals surface area contributed by atoms with E-state index in [9.17, 15) is 13.2 Å². The highest BCUT2D eigenvalue weighted by Gasteiger charge is 2.34. The molecule has 0 aliphatic carbocycles. The molecular formula is C15H15F3N2O. The average molecular weight is 296 g/mol. The van der Waals surface area contributed by atoms with Crippen LogP contribution in [-0.4, -0.2) is 11.5 Å². The van der Waals surface area contributed by atoms with Gasteiger partial charge in [0, 0.05) is 24.5 Å². The molecule has 1 aromatic carbocycles. The fourth-order valence-electron chi connectivity index (χ4n) is 1.81. The first kappa shape index (κ1) is 15.3. The lowest BCUT2D eigenvalue weighted by molar-refractivity contribution is -0.138. The summed E-state index contributed by atoms with van der Waals surface area (Å²) in [4.78, 5) is 3.97. The number of rotatable bonds is 5. The molecule has 1 aromatic heterocycles. The van der Waals surface area contributed by atoms with E-state index >= 15 is 0 Å². The second kappa shape index (κ2) is 6.58. The van der Waals surface area contributed by atoms with Gasteiger partial charge in [-0.1, -0.05) is 19.1 Å². The van der Waals surface area contributed by atoms with Gasteiger partial charge in [0.25, 0.3) is 0 Å². The summed E-state index contributed by atoms with van der Waals surface area (Å²) in [5.41, 5.74) is -0.0902. The quantitative estimate of drug-likeness (QED) is 0.905. The number of benzene rings is 1. The summed E-state index contributed by atoms with van der Waals surface area (Å²) in [7, 11) is 0. The first-order chi connectivity index (χ1) is 10.0. The van der Waals surface area contributed by atoms with Gasteiger partial charge in [-0.25, -0.2) is 0 Å². The standard InChI is InChI=1S/C15H15F3N2O/c1-2-19-9-11-10-20-8-7-13(11)21-14-6-4-3-5-12(14)15(16,17)18/h3-8,10,19H,2,9H2,1H3. The van der Waals surface area contributed by atoms with E-state index in [2.05, 4.69) is 10.3 Å². The van der Waals surface area contributed by atoms with Gasteiger partial charge in [0.15, 0.2) is 0 Å². The molecule has 0 aliphatic rings. The summed E-state index contributed by atoms with van der Waals surface area (Å²) in [5, 5.41) is 3.09. The number of hydrogen-bond acceptors (Lipinski definition) is 3. The van der Waals surface area contributed by atoms with Crippen molar-refractivity contribution in [1.29, 1.82) is 0 Å². The number of pyridine rings is 1. The summed E-state index contributed by atoms with van der Waals surface area (Å²) in [6, 6.07) is 6.71. The van der Waals surface area contributed by atoms with Crippen molar-refractivity contribution in [3.8, 4) is 11.5 Å². The maximum absolute atomic E-state index is 12.9. The Bertz CT molecular complexity index is 599.